The van der Waals surface area contributed by atoms with Crippen LogP contribution in [0.3, 0.4) is 0 Å². The molecule has 10 heteroatoms. The molecule has 0 aromatic heterocycles. The van der Waals surface area contributed by atoms with E-state index in [1.807, 2.05) is 0 Å². The van der Waals surface area contributed by atoms with Crippen LogP contribution in [0.4, 0.5) is 5.69 Å². The Bertz CT molecular complexity index is 1210. The Morgan fingerprint density at radius 3 is 2.58 bits per heavy atom. The van der Waals surface area contributed by atoms with Gasteiger partial charge in [0, 0.05) is 35.8 Å². The second-order valence-electron chi connectivity index (χ2n) is 6.99. The molecule has 1 saturated heterocycles. The first-order chi connectivity index (χ1) is 14.8. The smallest absolute Gasteiger partial charge is 0.269 e. The third kappa shape index (κ3) is 3.48. The number of non-ortho nitro benzene ring substituents is 1. The maximum atomic E-state index is 13.7. The van der Waals surface area contributed by atoms with Gasteiger partial charge in [-0.3, -0.25) is 14.9 Å². The van der Waals surface area contributed by atoms with Crippen LogP contribution >= 0.6 is 23.2 Å². The number of Topliss-reactive ketones (excluding diaryl/α,β-unsaturated/α-hetero) is 1. The van der Waals surface area contributed by atoms with E-state index in [-0.39, 0.29) is 33.5 Å². The Labute approximate surface area is 187 Å². The molecule has 31 heavy (non-hydrogen) atoms. The molecular formula is C21H15Cl2N5O3. The van der Waals surface area contributed by atoms with Crippen molar-refractivity contribution in [3.8, 4) is 6.07 Å². The van der Waals surface area contributed by atoms with Gasteiger partial charge in [-0.15, -0.1) is 0 Å². The van der Waals surface area contributed by atoms with Gasteiger partial charge >= 0.3 is 0 Å². The zero-order valence-corrected chi connectivity index (χ0v) is 17.4. The third-order valence-corrected chi connectivity index (χ3v) is 5.82. The molecule has 1 fully saturated rings. The number of halogens is 2. The molecule has 2 heterocycles. The summed E-state index contributed by atoms with van der Waals surface area (Å²) in [6, 6.07) is 12.4. The fraction of sp³-hybridized carbons (Fsp3) is 0.143. The molecule has 156 valence electrons. The van der Waals surface area contributed by atoms with Gasteiger partial charge < -0.3 is 16.0 Å². The van der Waals surface area contributed by atoms with Crippen LogP contribution in [0.1, 0.15) is 21.8 Å². The zero-order chi connectivity index (χ0) is 22.3. The number of nitro groups is 1. The number of allylic oxidation sites excluding steroid dienone is 2. The summed E-state index contributed by atoms with van der Waals surface area (Å²) < 4.78 is 0. The maximum Gasteiger partial charge on any atom is 0.269 e. The van der Waals surface area contributed by atoms with Crippen LogP contribution in [0, 0.1) is 21.4 Å². The van der Waals surface area contributed by atoms with Gasteiger partial charge in [0.05, 0.1) is 33.1 Å². The summed E-state index contributed by atoms with van der Waals surface area (Å²) in [4.78, 5) is 25.9. The summed E-state index contributed by atoms with van der Waals surface area (Å²) in [5, 5.41) is 24.7. The van der Waals surface area contributed by atoms with E-state index in [0.29, 0.717) is 35.1 Å². The van der Waals surface area contributed by atoms with Crippen molar-refractivity contribution in [3.05, 3.63) is 96.5 Å². The van der Waals surface area contributed by atoms with E-state index in [0.717, 1.165) is 0 Å². The number of hydrogen-bond donors (Lipinski definition) is 2. The number of carbonyl (C=O) groups is 1. The molecule has 3 N–H and O–H groups in total. The maximum absolute atomic E-state index is 13.7. The third-order valence-electron chi connectivity index (χ3n) is 5.28. The van der Waals surface area contributed by atoms with Crippen LogP contribution in [0.2, 0.25) is 10.0 Å². The molecule has 2 aromatic rings. The molecule has 0 spiro atoms. The predicted molar refractivity (Wildman–Crippen MR) is 115 cm³/mol. The van der Waals surface area contributed by atoms with Crippen molar-refractivity contribution in [1.82, 2.24) is 10.2 Å². The van der Waals surface area contributed by atoms with Crippen molar-refractivity contribution < 1.29 is 9.72 Å². The number of hydrogen-bond acceptors (Lipinski definition) is 7. The number of rotatable bonds is 4. The number of benzene rings is 2. The molecule has 0 bridgehead atoms. The van der Waals surface area contributed by atoms with Gasteiger partial charge in [-0.05, 0) is 23.8 Å². The lowest BCUT2D eigenvalue weighted by Crippen LogP contribution is -2.36. The lowest BCUT2D eigenvalue weighted by molar-refractivity contribution is -0.384. The highest BCUT2D eigenvalue weighted by Crippen LogP contribution is 2.43. The van der Waals surface area contributed by atoms with Crippen molar-refractivity contribution in [2.24, 2.45) is 5.73 Å². The molecule has 2 aliphatic heterocycles. The van der Waals surface area contributed by atoms with E-state index in [4.69, 9.17) is 28.9 Å². The van der Waals surface area contributed by atoms with Crippen LogP contribution in [0.25, 0.3) is 0 Å². The van der Waals surface area contributed by atoms with Crippen molar-refractivity contribution in [2.45, 2.75) is 5.92 Å². The predicted octanol–water partition coefficient (Wildman–Crippen LogP) is 3.69. The van der Waals surface area contributed by atoms with Crippen LogP contribution in [-0.2, 0) is 0 Å². The number of nitrogens with zero attached hydrogens (tertiary/aromatic N) is 3. The average Bonchev–Trinajstić information content (AvgIpc) is 3.23. The molecule has 2 aromatic carbocycles. The monoisotopic (exact) mass is 455 g/mol. The fourth-order valence-electron chi connectivity index (χ4n) is 3.85. The topological polar surface area (TPSA) is 125 Å². The van der Waals surface area contributed by atoms with Gasteiger partial charge in [-0.25, -0.2) is 0 Å². The molecule has 8 nitrogen and oxygen atoms in total. The van der Waals surface area contributed by atoms with E-state index in [1.54, 1.807) is 11.0 Å². The Morgan fingerprint density at radius 1 is 1.26 bits per heavy atom. The highest BCUT2D eigenvalue weighted by molar-refractivity contribution is 6.37. The largest absolute Gasteiger partial charge is 0.384 e. The highest BCUT2D eigenvalue weighted by Gasteiger charge is 2.41. The quantitative estimate of drug-likeness (QED) is 0.408. The fourth-order valence-corrected chi connectivity index (χ4v) is 4.34. The summed E-state index contributed by atoms with van der Waals surface area (Å²) in [5.74, 6) is -0.470. The average molecular weight is 456 g/mol. The first-order valence-electron chi connectivity index (χ1n) is 9.23. The molecule has 0 amide bonds. The van der Waals surface area contributed by atoms with Crippen molar-refractivity contribution in [1.29, 1.82) is 5.26 Å². The minimum absolute atomic E-state index is 0.100. The van der Waals surface area contributed by atoms with Gasteiger partial charge in [0.1, 0.15) is 11.6 Å². The molecule has 0 aliphatic carbocycles. The second-order valence-corrected chi connectivity index (χ2v) is 7.83. The summed E-state index contributed by atoms with van der Waals surface area (Å²) in [7, 11) is 0. The Morgan fingerprint density at radius 2 is 1.97 bits per heavy atom. The normalized spacial score (nSPS) is 17.8. The Balaban J connectivity index is 1.92. The molecule has 0 saturated carbocycles. The van der Waals surface area contributed by atoms with E-state index in [1.165, 1.54) is 36.4 Å². The van der Waals surface area contributed by atoms with Gasteiger partial charge in [-0.2, -0.15) is 5.26 Å². The van der Waals surface area contributed by atoms with Crippen LogP contribution in [-0.4, -0.2) is 28.7 Å². The minimum atomic E-state index is -0.818. The number of fused-ring (bicyclic) bond motifs is 1. The van der Waals surface area contributed by atoms with Gasteiger partial charge in [0.15, 0.2) is 5.78 Å². The lowest BCUT2D eigenvalue weighted by atomic mass is 9.79. The summed E-state index contributed by atoms with van der Waals surface area (Å²) in [6.07, 6.45) is 0. The van der Waals surface area contributed by atoms with Crippen LogP contribution < -0.4 is 11.1 Å². The first-order valence-corrected chi connectivity index (χ1v) is 9.98. The lowest BCUT2D eigenvalue weighted by Gasteiger charge is -2.33. The first kappa shape index (κ1) is 20.7. The number of nitro benzene ring substituents is 1. The van der Waals surface area contributed by atoms with E-state index < -0.39 is 10.8 Å². The van der Waals surface area contributed by atoms with E-state index in [2.05, 4.69) is 11.4 Å². The number of ketones is 1. The summed E-state index contributed by atoms with van der Waals surface area (Å²) in [6.45, 7) is 1.03. The summed E-state index contributed by atoms with van der Waals surface area (Å²) >= 11 is 12.3. The molecule has 1 unspecified atom stereocenters. The zero-order valence-electron chi connectivity index (χ0n) is 15.9. The number of nitriles is 1. The Kier molecular flexibility index (Phi) is 5.31. The van der Waals surface area contributed by atoms with Gasteiger partial charge in [0.25, 0.3) is 5.69 Å². The van der Waals surface area contributed by atoms with Crippen molar-refractivity contribution in [3.63, 3.8) is 0 Å². The Hall–Kier alpha value is -3.54. The van der Waals surface area contributed by atoms with Crippen molar-refractivity contribution in [2.75, 3.05) is 13.1 Å². The number of carbonyl (C=O) groups excluding carboxylic acids is 1. The van der Waals surface area contributed by atoms with E-state index in [9.17, 15) is 20.2 Å². The molecule has 4 rings (SSSR count). The highest BCUT2D eigenvalue weighted by atomic mass is 35.5. The van der Waals surface area contributed by atoms with Crippen LogP contribution in [0.5, 0.6) is 0 Å². The molecular weight excluding hydrogens is 441 g/mol. The summed E-state index contributed by atoms with van der Waals surface area (Å²) in [5.41, 5.74) is 7.42. The molecule has 1 atom stereocenters. The standard InChI is InChI=1S/C21H15Cl2N5O3/c22-12-3-6-14(16(23)9-12)19(29)18-17(11-1-4-13(5-2-11)28(30)31)15(10-24)20(25)27-8-7-26-21(18)27/h1-6,9,17,26H,7-8,25H2. The van der Waals surface area contributed by atoms with Gasteiger partial charge in [-0.1, -0.05) is 35.3 Å². The molecule has 2 aliphatic rings. The second kappa shape index (κ2) is 7.95. The van der Waals surface area contributed by atoms with Gasteiger partial charge in [0.2, 0.25) is 0 Å². The number of nitrogens with two attached hydrogens (primary N) is 1. The van der Waals surface area contributed by atoms with Crippen molar-refractivity contribution >= 4 is 34.7 Å². The SMILES string of the molecule is N#CC1=C(N)N2CCNC2=C(C(=O)c2ccc(Cl)cc2Cl)C1c1ccc([N+](=O)[O-])cc1. The van der Waals surface area contributed by atoms with Crippen LogP contribution in [0.15, 0.2) is 65.3 Å². The number of nitrogens with one attached hydrogen (secondary N) is 1. The molecule has 0 radical (unpaired) electrons. The minimum Gasteiger partial charge on any atom is -0.384 e. The van der Waals surface area contributed by atoms with E-state index >= 15 is 0 Å².